The van der Waals surface area contributed by atoms with E-state index in [1.807, 2.05) is 30.3 Å². The van der Waals surface area contributed by atoms with Crippen molar-refractivity contribution >= 4 is 17.3 Å². The van der Waals surface area contributed by atoms with Crippen LogP contribution < -0.4 is 5.32 Å². The minimum atomic E-state index is -0.558. The number of para-hydroxylation sites is 1. The smallest absolute Gasteiger partial charge is 0.248 e. The number of hydrogen-bond donors (Lipinski definition) is 1. The number of carbonyl (C=O) groups is 1. The summed E-state index contributed by atoms with van der Waals surface area (Å²) in [6, 6.07) is 13.6. The summed E-state index contributed by atoms with van der Waals surface area (Å²) in [5.41, 5.74) is 2.30. The first-order chi connectivity index (χ1) is 9.66. The van der Waals surface area contributed by atoms with Crippen molar-refractivity contribution in [2.24, 2.45) is 4.99 Å². The molecule has 1 unspecified atom stereocenters. The standard InChI is InChI=1S/C16H13FN2O/c1-10-16(20)19-15-12(8-5-9-13(15)17)14(18-10)11-6-3-2-4-7-11/h2-10H,1H3,(H,19,20). The highest BCUT2D eigenvalue weighted by atomic mass is 19.1. The van der Waals surface area contributed by atoms with Crippen LogP contribution in [0, 0.1) is 5.82 Å². The molecular weight excluding hydrogens is 255 g/mol. The summed E-state index contributed by atoms with van der Waals surface area (Å²) in [5, 5.41) is 2.61. The van der Waals surface area contributed by atoms with Crippen molar-refractivity contribution in [2.45, 2.75) is 13.0 Å². The molecule has 20 heavy (non-hydrogen) atoms. The zero-order valence-electron chi connectivity index (χ0n) is 10.9. The molecule has 1 aliphatic heterocycles. The van der Waals surface area contributed by atoms with Gasteiger partial charge in [0, 0.05) is 11.1 Å². The molecule has 2 aromatic carbocycles. The maximum Gasteiger partial charge on any atom is 0.248 e. The third-order valence-corrected chi connectivity index (χ3v) is 3.27. The average molecular weight is 268 g/mol. The normalized spacial score (nSPS) is 17.8. The number of benzene rings is 2. The van der Waals surface area contributed by atoms with E-state index >= 15 is 0 Å². The predicted molar refractivity (Wildman–Crippen MR) is 76.6 cm³/mol. The quantitative estimate of drug-likeness (QED) is 0.848. The summed E-state index contributed by atoms with van der Waals surface area (Å²) in [5.74, 6) is -0.754. The van der Waals surface area contributed by atoms with Crippen LogP contribution in [0.25, 0.3) is 0 Å². The number of nitrogens with one attached hydrogen (secondary N) is 1. The Bertz CT molecular complexity index is 695. The fraction of sp³-hybridized carbons (Fsp3) is 0.125. The molecule has 0 aromatic heterocycles. The number of rotatable bonds is 1. The van der Waals surface area contributed by atoms with Crippen LogP contribution in [0.4, 0.5) is 10.1 Å². The highest BCUT2D eigenvalue weighted by molar-refractivity contribution is 6.19. The molecule has 100 valence electrons. The Labute approximate surface area is 116 Å². The Morgan fingerprint density at radius 2 is 1.85 bits per heavy atom. The first kappa shape index (κ1) is 12.5. The largest absolute Gasteiger partial charge is 0.321 e. The second-order valence-electron chi connectivity index (χ2n) is 4.67. The lowest BCUT2D eigenvalue weighted by atomic mass is 10.0. The van der Waals surface area contributed by atoms with Crippen molar-refractivity contribution < 1.29 is 9.18 Å². The van der Waals surface area contributed by atoms with Gasteiger partial charge in [0.25, 0.3) is 0 Å². The van der Waals surface area contributed by atoms with Gasteiger partial charge in [-0.25, -0.2) is 4.39 Å². The van der Waals surface area contributed by atoms with Gasteiger partial charge in [-0.2, -0.15) is 0 Å². The Hall–Kier alpha value is -2.49. The highest BCUT2D eigenvalue weighted by Crippen LogP contribution is 2.26. The molecule has 1 amide bonds. The fourth-order valence-corrected chi connectivity index (χ4v) is 2.22. The maximum atomic E-state index is 14.0. The number of amides is 1. The number of hydrogen-bond acceptors (Lipinski definition) is 2. The first-order valence-electron chi connectivity index (χ1n) is 6.40. The summed E-state index contributed by atoms with van der Waals surface area (Å²) < 4.78 is 14.0. The van der Waals surface area contributed by atoms with Crippen molar-refractivity contribution in [3.05, 3.63) is 65.5 Å². The van der Waals surface area contributed by atoms with Gasteiger partial charge < -0.3 is 5.32 Å². The molecule has 0 saturated heterocycles. The van der Waals surface area contributed by atoms with E-state index in [-0.39, 0.29) is 11.6 Å². The number of anilines is 1. The molecule has 4 heteroatoms. The third kappa shape index (κ3) is 2.09. The van der Waals surface area contributed by atoms with Crippen LogP contribution in [0.15, 0.2) is 53.5 Å². The zero-order chi connectivity index (χ0) is 14.1. The van der Waals surface area contributed by atoms with Gasteiger partial charge in [0.15, 0.2) is 0 Å². The molecule has 1 heterocycles. The SMILES string of the molecule is CC1N=C(c2ccccc2)c2cccc(F)c2NC1=O. The second-order valence-corrected chi connectivity index (χ2v) is 4.67. The number of benzodiazepines with no additional fused rings is 1. The van der Waals surface area contributed by atoms with Crippen molar-refractivity contribution in [1.82, 2.24) is 0 Å². The van der Waals surface area contributed by atoms with E-state index in [4.69, 9.17) is 0 Å². The molecule has 0 spiro atoms. The van der Waals surface area contributed by atoms with Crippen molar-refractivity contribution in [3.63, 3.8) is 0 Å². The first-order valence-corrected chi connectivity index (χ1v) is 6.40. The van der Waals surface area contributed by atoms with E-state index < -0.39 is 11.9 Å². The lowest BCUT2D eigenvalue weighted by Gasteiger charge is -2.10. The van der Waals surface area contributed by atoms with E-state index in [9.17, 15) is 9.18 Å². The van der Waals surface area contributed by atoms with E-state index in [2.05, 4.69) is 10.3 Å². The molecule has 1 aliphatic rings. The minimum Gasteiger partial charge on any atom is -0.321 e. The van der Waals surface area contributed by atoms with Crippen LogP contribution in [0.2, 0.25) is 0 Å². The van der Waals surface area contributed by atoms with Crippen LogP contribution in [-0.4, -0.2) is 17.7 Å². The minimum absolute atomic E-state index is 0.199. The predicted octanol–water partition coefficient (Wildman–Crippen LogP) is 3.00. The summed E-state index contributed by atoms with van der Waals surface area (Å²) in [4.78, 5) is 16.4. The van der Waals surface area contributed by atoms with Gasteiger partial charge in [0.1, 0.15) is 11.9 Å². The van der Waals surface area contributed by atoms with Gasteiger partial charge in [0.05, 0.1) is 11.4 Å². The van der Waals surface area contributed by atoms with Gasteiger partial charge in [-0.15, -0.1) is 0 Å². The van der Waals surface area contributed by atoms with E-state index in [1.165, 1.54) is 6.07 Å². The Morgan fingerprint density at radius 1 is 1.10 bits per heavy atom. The number of halogens is 1. The fourth-order valence-electron chi connectivity index (χ4n) is 2.22. The van der Waals surface area contributed by atoms with Crippen LogP contribution >= 0.6 is 0 Å². The Kier molecular flexibility index (Phi) is 3.06. The molecule has 1 N–H and O–H groups in total. The molecule has 0 bridgehead atoms. The van der Waals surface area contributed by atoms with Crippen molar-refractivity contribution in [2.75, 3.05) is 5.32 Å². The summed E-state index contributed by atoms with van der Waals surface area (Å²) >= 11 is 0. The third-order valence-electron chi connectivity index (χ3n) is 3.27. The van der Waals surface area contributed by atoms with Gasteiger partial charge >= 0.3 is 0 Å². The maximum absolute atomic E-state index is 14.0. The molecule has 2 aromatic rings. The highest BCUT2D eigenvalue weighted by Gasteiger charge is 2.24. The second kappa shape index (κ2) is 4.89. The zero-order valence-corrected chi connectivity index (χ0v) is 10.9. The number of carbonyl (C=O) groups excluding carboxylic acids is 1. The van der Waals surface area contributed by atoms with Gasteiger partial charge in [0.2, 0.25) is 5.91 Å². The summed E-state index contributed by atoms with van der Waals surface area (Å²) in [6.07, 6.45) is 0. The molecule has 0 aliphatic carbocycles. The Balaban J connectivity index is 2.25. The van der Waals surface area contributed by atoms with Crippen molar-refractivity contribution in [3.8, 4) is 0 Å². The molecule has 0 saturated carbocycles. The molecule has 0 fully saturated rings. The molecule has 3 rings (SSSR count). The number of fused-ring (bicyclic) bond motifs is 1. The summed E-state index contributed by atoms with van der Waals surface area (Å²) in [7, 11) is 0. The topological polar surface area (TPSA) is 41.5 Å². The molecule has 0 radical (unpaired) electrons. The van der Waals surface area contributed by atoms with Crippen LogP contribution in [-0.2, 0) is 4.79 Å². The van der Waals surface area contributed by atoms with Gasteiger partial charge in [-0.05, 0) is 13.0 Å². The van der Waals surface area contributed by atoms with Gasteiger partial charge in [-0.1, -0.05) is 42.5 Å². The van der Waals surface area contributed by atoms with E-state index in [1.54, 1.807) is 19.1 Å². The molecular formula is C16H13FN2O. The monoisotopic (exact) mass is 268 g/mol. The molecule has 1 atom stereocenters. The Morgan fingerprint density at radius 3 is 2.60 bits per heavy atom. The summed E-state index contributed by atoms with van der Waals surface area (Å²) in [6.45, 7) is 1.70. The number of nitrogens with zero attached hydrogens (tertiary/aromatic N) is 1. The van der Waals surface area contributed by atoms with Crippen LogP contribution in [0.3, 0.4) is 0 Å². The van der Waals surface area contributed by atoms with E-state index in [0.717, 1.165) is 5.56 Å². The molecule has 3 nitrogen and oxygen atoms in total. The lowest BCUT2D eigenvalue weighted by Crippen LogP contribution is -2.22. The van der Waals surface area contributed by atoms with Crippen LogP contribution in [0.1, 0.15) is 18.1 Å². The van der Waals surface area contributed by atoms with Crippen molar-refractivity contribution in [1.29, 1.82) is 0 Å². The number of aliphatic imine (C=N–C) groups is 1. The average Bonchev–Trinajstić information content (AvgIpc) is 2.59. The van der Waals surface area contributed by atoms with Gasteiger partial charge in [-0.3, -0.25) is 9.79 Å². The lowest BCUT2D eigenvalue weighted by molar-refractivity contribution is -0.116. The van der Waals surface area contributed by atoms with Crippen LogP contribution in [0.5, 0.6) is 0 Å². The van der Waals surface area contributed by atoms with E-state index in [0.29, 0.717) is 11.3 Å².